The first-order valence-corrected chi connectivity index (χ1v) is 8.72. The van der Waals surface area contributed by atoms with Crippen molar-refractivity contribution < 1.29 is 0 Å². The average Bonchev–Trinajstić information content (AvgIpc) is 2.61. The normalized spacial score (nSPS) is 10.9. The zero-order valence-corrected chi connectivity index (χ0v) is 14.7. The number of nitrogens with one attached hydrogen (secondary N) is 2. The Balaban J connectivity index is 1.39. The zero-order chi connectivity index (χ0) is 16.8. The first-order valence-electron chi connectivity index (χ1n) is 7.97. The van der Waals surface area contributed by atoms with Gasteiger partial charge in [-0.2, -0.15) is 0 Å². The van der Waals surface area contributed by atoms with Gasteiger partial charge in [0.15, 0.2) is 0 Å². The molecule has 0 aliphatic heterocycles. The molecular weight excluding hydrogens is 341 g/mol. The summed E-state index contributed by atoms with van der Waals surface area (Å²) in [5.41, 5.74) is 2.15. The fraction of sp³-hybridized carbons (Fsp3) is 0.211. The van der Waals surface area contributed by atoms with Crippen LogP contribution in [-0.4, -0.2) is 18.1 Å². The number of benzene rings is 2. The smallest absolute Gasteiger partial charge is 0.126 e. The van der Waals surface area contributed by atoms with E-state index in [1.54, 1.807) is 0 Å². The molecule has 0 bridgehead atoms. The fourth-order valence-corrected chi connectivity index (χ4v) is 2.80. The number of halogens is 2. The van der Waals surface area contributed by atoms with E-state index >= 15 is 0 Å². The molecule has 0 unspecified atom stereocenters. The summed E-state index contributed by atoms with van der Waals surface area (Å²) in [5.74, 6) is 0.915. The van der Waals surface area contributed by atoms with Crippen LogP contribution in [0.3, 0.4) is 0 Å². The van der Waals surface area contributed by atoms with Crippen LogP contribution < -0.4 is 10.6 Å². The summed E-state index contributed by atoms with van der Waals surface area (Å²) in [6.45, 7) is 2.58. The first kappa shape index (κ1) is 17.0. The van der Waals surface area contributed by atoms with Crippen LogP contribution in [-0.2, 0) is 6.54 Å². The third-order valence-corrected chi connectivity index (χ3v) is 4.49. The van der Waals surface area contributed by atoms with Crippen LogP contribution in [0.15, 0.2) is 54.6 Å². The minimum atomic E-state index is 0.590. The molecule has 1 aromatic heterocycles. The Labute approximate surface area is 152 Å². The predicted octanol–water partition coefficient (Wildman–Crippen LogP) is 5.13. The second kappa shape index (κ2) is 8.34. The maximum absolute atomic E-state index is 6.01. The molecule has 0 aliphatic carbocycles. The van der Waals surface area contributed by atoms with Gasteiger partial charge in [-0.1, -0.05) is 47.5 Å². The summed E-state index contributed by atoms with van der Waals surface area (Å²) >= 11 is 11.9. The van der Waals surface area contributed by atoms with Crippen LogP contribution in [0.1, 0.15) is 12.0 Å². The molecule has 124 valence electrons. The Hall–Kier alpha value is -1.81. The fourth-order valence-electron chi connectivity index (χ4n) is 2.48. The van der Waals surface area contributed by atoms with Gasteiger partial charge >= 0.3 is 0 Å². The Morgan fingerprint density at radius 3 is 2.62 bits per heavy atom. The number of hydrogen-bond acceptors (Lipinski definition) is 3. The number of nitrogens with zero attached hydrogens (tertiary/aromatic N) is 1. The van der Waals surface area contributed by atoms with Crippen LogP contribution >= 0.6 is 23.2 Å². The van der Waals surface area contributed by atoms with E-state index in [9.17, 15) is 0 Å². The number of aromatic nitrogens is 1. The van der Waals surface area contributed by atoms with Gasteiger partial charge in [-0.15, -0.1) is 0 Å². The van der Waals surface area contributed by atoms with E-state index in [1.165, 1.54) is 0 Å². The van der Waals surface area contributed by atoms with Crippen molar-refractivity contribution in [3.05, 3.63) is 70.2 Å². The summed E-state index contributed by atoms with van der Waals surface area (Å²) in [4.78, 5) is 4.60. The third-order valence-electron chi connectivity index (χ3n) is 3.75. The number of rotatable bonds is 7. The number of para-hydroxylation sites is 1. The van der Waals surface area contributed by atoms with Crippen molar-refractivity contribution in [1.29, 1.82) is 0 Å². The molecule has 0 spiro atoms. The molecule has 3 aromatic rings. The molecule has 0 radical (unpaired) electrons. The lowest BCUT2D eigenvalue weighted by atomic mass is 10.2. The van der Waals surface area contributed by atoms with Gasteiger partial charge in [-0.25, -0.2) is 4.98 Å². The monoisotopic (exact) mass is 359 g/mol. The van der Waals surface area contributed by atoms with Gasteiger partial charge in [-0.05, 0) is 48.9 Å². The third kappa shape index (κ3) is 4.60. The first-order chi connectivity index (χ1) is 11.7. The highest BCUT2D eigenvalue weighted by Gasteiger charge is 2.00. The van der Waals surface area contributed by atoms with E-state index in [0.717, 1.165) is 48.3 Å². The largest absolute Gasteiger partial charge is 0.370 e. The molecule has 0 atom stereocenters. The van der Waals surface area contributed by atoms with Gasteiger partial charge in [0.2, 0.25) is 0 Å². The molecule has 3 rings (SSSR count). The lowest BCUT2D eigenvalue weighted by Gasteiger charge is -2.08. The molecule has 2 aromatic carbocycles. The lowest BCUT2D eigenvalue weighted by molar-refractivity contribution is 0.663. The van der Waals surface area contributed by atoms with Crippen LogP contribution in [0, 0.1) is 0 Å². The number of pyridine rings is 1. The summed E-state index contributed by atoms with van der Waals surface area (Å²) in [7, 11) is 0. The summed E-state index contributed by atoms with van der Waals surface area (Å²) < 4.78 is 0. The van der Waals surface area contributed by atoms with Gasteiger partial charge in [0.05, 0.1) is 15.6 Å². The molecule has 3 nitrogen and oxygen atoms in total. The van der Waals surface area contributed by atoms with Crippen molar-refractivity contribution in [3.8, 4) is 0 Å². The SMILES string of the molecule is Clc1ccc(CNCCCNc2ccc3ccccc3n2)cc1Cl. The van der Waals surface area contributed by atoms with Crippen molar-refractivity contribution in [2.24, 2.45) is 0 Å². The van der Waals surface area contributed by atoms with Gasteiger partial charge < -0.3 is 10.6 Å². The second-order valence-electron chi connectivity index (χ2n) is 5.59. The van der Waals surface area contributed by atoms with Crippen LogP contribution in [0.5, 0.6) is 0 Å². The molecule has 0 aliphatic rings. The van der Waals surface area contributed by atoms with E-state index in [0.29, 0.717) is 10.0 Å². The Kier molecular flexibility index (Phi) is 5.91. The van der Waals surface area contributed by atoms with E-state index in [-0.39, 0.29) is 0 Å². The molecule has 0 fully saturated rings. The van der Waals surface area contributed by atoms with Crippen LogP contribution in [0.2, 0.25) is 10.0 Å². The highest BCUT2D eigenvalue weighted by atomic mass is 35.5. The highest BCUT2D eigenvalue weighted by molar-refractivity contribution is 6.42. The molecule has 2 N–H and O–H groups in total. The predicted molar refractivity (Wildman–Crippen MR) is 103 cm³/mol. The molecule has 0 saturated heterocycles. The summed E-state index contributed by atoms with van der Waals surface area (Å²) in [6.07, 6.45) is 1.01. The Morgan fingerprint density at radius 1 is 0.875 bits per heavy atom. The lowest BCUT2D eigenvalue weighted by Crippen LogP contribution is -2.17. The number of fused-ring (bicyclic) bond motifs is 1. The second-order valence-corrected chi connectivity index (χ2v) is 6.41. The van der Waals surface area contributed by atoms with Gasteiger partial charge in [0.25, 0.3) is 0 Å². The minimum absolute atomic E-state index is 0.590. The maximum atomic E-state index is 6.01. The maximum Gasteiger partial charge on any atom is 0.126 e. The number of hydrogen-bond donors (Lipinski definition) is 2. The topological polar surface area (TPSA) is 37.0 Å². The molecule has 24 heavy (non-hydrogen) atoms. The van der Waals surface area contributed by atoms with E-state index in [4.69, 9.17) is 23.2 Å². The van der Waals surface area contributed by atoms with E-state index in [2.05, 4.69) is 27.8 Å². The van der Waals surface area contributed by atoms with Crippen molar-refractivity contribution in [2.45, 2.75) is 13.0 Å². The molecular formula is C19H19Cl2N3. The van der Waals surface area contributed by atoms with Gasteiger partial charge in [-0.3, -0.25) is 0 Å². The molecule has 0 saturated carbocycles. The Morgan fingerprint density at radius 2 is 1.75 bits per heavy atom. The van der Waals surface area contributed by atoms with Crippen LogP contribution in [0.25, 0.3) is 10.9 Å². The van der Waals surface area contributed by atoms with Crippen molar-refractivity contribution in [3.63, 3.8) is 0 Å². The van der Waals surface area contributed by atoms with Crippen molar-refractivity contribution in [2.75, 3.05) is 18.4 Å². The van der Waals surface area contributed by atoms with E-state index < -0.39 is 0 Å². The average molecular weight is 360 g/mol. The molecule has 5 heteroatoms. The molecule has 1 heterocycles. The Bertz CT molecular complexity index is 821. The van der Waals surface area contributed by atoms with E-state index in [1.807, 2.05) is 42.5 Å². The van der Waals surface area contributed by atoms with Gasteiger partial charge in [0, 0.05) is 18.5 Å². The van der Waals surface area contributed by atoms with Crippen LogP contribution in [0.4, 0.5) is 5.82 Å². The number of anilines is 1. The van der Waals surface area contributed by atoms with Crippen molar-refractivity contribution >= 4 is 39.9 Å². The highest BCUT2D eigenvalue weighted by Crippen LogP contribution is 2.22. The quantitative estimate of drug-likeness (QED) is 0.574. The van der Waals surface area contributed by atoms with Gasteiger partial charge in [0.1, 0.15) is 5.82 Å². The summed E-state index contributed by atoms with van der Waals surface area (Å²) in [6, 6.07) is 17.9. The summed E-state index contributed by atoms with van der Waals surface area (Å²) in [5, 5.41) is 9.11. The standard InChI is InChI=1S/C19H19Cl2N3/c20-16-8-6-14(12-17(16)21)13-22-10-3-11-23-19-9-7-15-4-1-2-5-18(15)24-19/h1-2,4-9,12,22H,3,10-11,13H2,(H,23,24). The zero-order valence-electron chi connectivity index (χ0n) is 13.2. The molecule has 0 amide bonds. The minimum Gasteiger partial charge on any atom is -0.370 e. The van der Waals surface area contributed by atoms with Crippen molar-refractivity contribution in [1.82, 2.24) is 10.3 Å².